The highest BCUT2D eigenvalue weighted by molar-refractivity contribution is 6.04. The van der Waals surface area contributed by atoms with Crippen molar-refractivity contribution in [2.24, 2.45) is 0 Å². The van der Waals surface area contributed by atoms with E-state index in [1.165, 1.54) is 6.92 Å². The van der Waals surface area contributed by atoms with E-state index in [2.05, 4.69) is 10.6 Å². The van der Waals surface area contributed by atoms with Gasteiger partial charge in [0.25, 0.3) is 11.8 Å². The lowest BCUT2D eigenvalue weighted by molar-refractivity contribution is -0.147. The van der Waals surface area contributed by atoms with Crippen molar-refractivity contribution in [2.75, 3.05) is 18.5 Å². The maximum absolute atomic E-state index is 12.8. The first kappa shape index (κ1) is 26.2. The van der Waals surface area contributed by atoms with Gasteiger partial charge >= 0.3 is 5.97 Å². The molecule has 3 rings (SSSR count). The van der Waals surface area contributed by atoms with Gasteiger partial charge in [-0.15, -0.1) is 0 Å². The van der Waals surface area contributed by atoms with Gasteiger partial charge in [-0.1, -0.05) is 42.5 Å². The Morgan fingerprint density at radius 3 is 2.22 bits per heavy atom. The van der Waals surface area contributed by atoms with Crippen molar-refractivity contribution in [1.29, 1.82) is 0 Å². The maximum Gasteiger partial charge on any atom is 0.309 e. The minimum Gasteiger partial charge on any atom is -0.493 e. The number of ketones is 1. The van der Waals surface area contributed by atoms with Gasteiger partial charge in [-0.2, -0.15) is 0 Å². The van der Waals surface area contributed by atoms with Crippen molar-refractivity contribution < 1.29 is 28.7 Å². The van der Waals surface area contributed by atoms with E-state index in [4.69, 9.17) is 9.47 Å². The van der Waals surface area contributed by atoms with Crippen molar-refractivity contribution in [3.8, 4) is 5.75 Å². The number of benzene rings is 3. The fourth-order valence-corrected chi connectivity index (χ4v) is 3.33. The van der Waals surface area contributed by atoms with Gasteiger partial charge in [-0.05, 0) is 55.8 Å². The van der Waals surface area contributed by atoms with Crippen LogP contribution in [0.2, 0.25) is 0 Å². The van der Waals surface area contributed by atoms with Crippen LogP contribution < -0.4 is 15.4 Å². The van der Waals surface area contributed by atoms with Gasteiger partial charge in [0.15, 0.2) is 12.4 Å². The molecule has 0 spiro atoms. The van der Waals surface area contributed by atoms with Crippen LogP contribution in [0.4, 0.5) is 5.69 Å². The molecule has 3 aromatic carbocycles. The molecule has 0 aliphatic heterocycles. The minimum atomic E-state index is -0.603. The molecule has 0 aliphatic rings. The number of anilines is 1. The first-order chi connectivity index (χ1) is 17.3. The SMILES string of the molecule is CC(=O)c1ccc(OCCC(=O)OCC(=O)Nc2ccccc2C(=O)NC(C)c2ccccc2)cc1. The lowest BCUT2D eigenvalue weighted by Crippen LogP contribution is -2.28. The molecule has 0 bridgehead atoms. The second-order valence-corrected chi connectivity index (χ2v) is 8.04. The van der Waals surface area contributed by atoms with E-state index in [-0.39, 0.29) is 30.8 Å². The number of Topliss-reactive ketones (excluding diaryl/α,β-unsaturated/α-hetero) is 1. The van der Waals surface area contributed by atoms with Crippen molar-refractivity contribution in [1.82, 2.24) is 5.32 Å². The van der Waals surface area contributed by atoms with E-state index in [9.17, 15) is 19.2 Å². The molecule has 8 nitrogen and oxygen atoms in total. The summed E-state index contributed by atoms with van der Waals surface area (Å²) in [6.45, 7) is 2.91. The summed E-state index contributed by atoms with van der Waals surface area (Å²) in [6.07, 6.45) is -0.0574. The molecule has 1 atom stereocenters. The Morgan fingerprint density at radius 1 is 0.861 bits per heavy atom. The number of esters is 1. The molecule has 2 amide bonds. The van der Waals surface area contributed by atoms with Crippen LogP contribution in [0.15, 0.2) is 78.9 Å². The van der Waals surface area contributed by atoms with E-state index in [1.54, 1.807) is 48.5 Å². The van der Waals surface area contributed by atoms with Crippen LogP contribution in [0, 0.1) is 0 Å². The average molecular weight is 489 g/mol. The van der Waals surface area contributed by atoms with Crippen LogP contribution >= 0.6 is 0 Å². The standard InChI is InChI=1S/C28H28N2O6/c1-19(21-8-4-3-5-9-21)29-28(34)24-10-6-7-11-25(24)30-26(32)18-36-27(33)16-17-35-23-14-12-22(13-15-23)20(2)31/h3-15,19H,16-18H2,1-2H3,(H,29,34)(H,30,32). The van der Waals surface area contributed by atoms with E-state index < -0.39 is 18.5 Å². The van der Waals surface area contributed by atoms with Gasteiger partial charge in [-0.25, -0.2) is 0 Å². The topological polar surface area (TPSA) is 111 Å². The number of hydrogen-bond donors (Lipinski definition) is 2. The van der Waals surface area contributed by atoms with Crippen molar-refractivity contribution in [3.05, 3.63) is 95.6 Å². The average Bonchev–Trinajstić information content (AvgIpc) is 2.88. The van der Waals surface area contributed by atoms with Crippen LogP contribution in [0.1, 0.15) is 52.6 Å². The maximum atomic E-state index is 12.8. The van der Waals surface area contributed by atoms with Crippen LogP contribution in [0.3, 0.4) is 0 Å². The molecule has 8 heteroatoms. The van der Waals surface area contributed by atoms with E-state index >= 15 is 0 Å². The zero-order valence-corrected chi connectivity index (χ0v) is 20.2. The molecule has 0 saturated heterocycles. The minimum absolute atomic E-state index is 0.0478. The highest BCUT2D eigenvalue weighted by Gasteiger charge is 2.16. The molecule has 0 saturated carbocycles. The van der Waals surface area contributed by atoms with Gasteiger partial charge in [0, 0.05) is 5.56 Å². The fraction of sp³-hybridized carbons (Fsp3) is 0.214. The van der Waals surface area contributed by atoms with Gasteiger partial charge in [0.05, 0.1) is 30.3 Å². The summed E-state index contributed by atoms with van der Waals surface area (Å²) in [5, 5.41) is 5.54. The third-order valence-electron chi connectivity index (χ3n) is 5.29. The number of ether oxygens (including phenoxy) is 2. The summed E-state index contributed by atoms with van der Waals surface area (Å²) >= 11 is 0. The molecule has 0 aromatic heterocycles. The molecule has 1 unspecified atom stereocenters. The molecule has 36 heavy (non-hydrogen) atoms. The molecule has 0 aliphatic carbocycles. The predicted octanol–water partition coefficient (Wildman–Crippen LogP) is 4.33. The highest BCUT2D eigenvalue weighted by Crippen LogP contribution is 2.18. The van der Waals surface area contributed by atoms with Crippen molar-refractivity contribution in [2.45, 2.75) is 26.3 Å². The van der Waals surface area contributed by atoms with Crippen molar-refractivity contribution in [3.63, 3.8) is 0 Å². The molecule has 186 valence electrons. The third kappa shape index (κ3) is 7.80. The third-order valence-corrected chi connectivity index (χ3v) is 5.29. The van der Waals surface area contributed by atoms with Gasteiger partial charge in [0.1, 0.15) is 5.75 Å². The molecule has 0 fully saturated rings. The summed E-state index contributed by atoms with van der Waals surface area (Å²) in [5.74, 6) is -1.04. The molecule has 3 aromatic rings. The first-order valence-corrected chi connectivity index (χ1v) is 11.5. The van der Waals surface area contributed by atoms with E-state index in [1.807, 2.05) is 37.3 Å². The zero-order chi connectivity index (χ0) is 25.9. The monoisotopic (exact) mass is 488 g/mol. The van der Waals surface area contributed by atoms with Gasteiger partial charge in [0.2, 0.25) is 0 Å². The van der Waals surface area contributed by atoms with E-state index in [0.717, 1.165) is 5.56 Å². The van der Waals surface area contributed by atoms with Crippen LogP contribution in [-0.4, -0.2) is 36.8 Å². The zero-order valence-electron chi connectivity index (χ0n) is 20.2. The summed E-state index contributed by atoms with van der Waals surface area (Å²) < 4.78 is 10.5. The summed E-state index contributed by atoms with van der Waals surface area (Å²) in [5.41, 5.74) is 2.13. The summed E-state index contributed by atoms with van der Waals surface area (Å²) in [7, 11) is 0. The normalized spacial score (nSPS) is 11.2. The Labute approximate surface area is 209 Å². The largest absolute Gasteiger partial charge is 0.493 e. The molecular weight excluding hydrogens is 460 g/mol. The number of amides is 2. The Hall–Kier alpha value is -4.46. The summed E-state index contributed by atoms with van der Waals surface area (Å²) in [4.78, 5) is 48.4. The summed E-state index contributed by atoms with van der Waals surface area (Å²) in [6, 6.07) is 22.5. The van der Waals surface area contributed by atoms with Crippen LogP contribution in [0.25, 0.3) is 0 Å². The second-order valence-electron chi connectivity index (χ2n) is 8.04. The smallest absolute Gasteiger partial charge is 0.309 e. The molecule has 0 radical (unpaired) electrons. The molecular formula is C28H28N2O6. The Balaban J connectivity index is 1.45. The number of nitrogens with one attached hydrogen (secondary N) is 2. The van der Waals surface area contributed by atoms with E-state index in [0.29, 0.717) is 22.6 Å². The van der Waals surface area contributed by atoms with Gasteiger partial charge < -0.3 is 20.1 Å². The van der Waals surface area contributed by atoms with Crippen molar-refractivity contribution >= 4 is 29.3 Å². The Kier molecular flexibility index (Phi) is 9.33. The number of para-hydroxylation sites is 1. The molecule has 2 N–H and O–H groups in total. The van der Waals surface area contributed by atoms with Gasteiger partial charge in [-0.3, -0.25) is 19.2 Å². The molecule has 0 heterocycles. The number of rotatable bonds is 11. The number of hydrogen-bond acceptors (Lipinski definition) is 6. The van der Waals surface area contributed by atoms with Crippen LogP contribution in [0.5, 0.6) is 5.75 Å². The lowest BCUT2D eigenvalue weighted by atomic mass is 10.1. The Bertz CT molecular complexity index is 1210. The predicted molar refractivity (Wildman–Crippen MR) is 135 cm³/mol. The number of carbonyl (C=O) groups excluding carboxylic acids is 4. The quantitative estimate of drug-likeness (QED) is 0.307. The van der Waals surface area contributed by atoms with Crippen LogP contribution in [-0.2, 0) is 14.3 Å². The first-order valence-electron chi connectivity index (χ1n) is 11.5. The fourth-order valence-electron chi connectivity index (χ4n) is 3.33. The lowest BCUT2D eigenvalue weighted by Gasteiger charge is -2.16. The second kappa shape index (κ2) is 12.9. The highest BCUT2D eigenvalue weighted by atomic mass is 16.5. The number of carbonyl (C=O) groups is 4. The Morgan fingerprint density at radius 2 is 1.53 bits per heavy atom.